The SMILES string of the molecule is COc1ccccc1CC1CCN(C(=O)C2CCNCC2)CC1.Cl. The summed E-state index contributed by atoms with van der Waals surface area (Å²) in [7, 11) is 1.74. The molecule has 2 saturated heterocycles. The first-order valence-electron chi connectivity index (χ1n) is 8.89. The molecule has 24 heavy (non-hydrogen) atoms. The van der Waals surface area contributed by atoms with Crippen molar-refractivity contribution in [3.05, 3.63) is 29.8 Å². The molecule has 0 bridgehead atoms. The molecule has 2 aliphatic rings. The number of carbonyl (C=O) groups is 1. The molecule has 1 aromatic carbocycles. The first kappa shape index (κ1) is 19.1. The van der Waals surface area contributed by atoms with E-state index < -0.39 is 0 Å². The van der Waals surface area contributed by atoms with Crippen LogP contribution in [0.15, 0.2) is 24.3 Å². The molecule has 0 aliphatic carbocycles. The molecule has 0 atom stereocenters. The van der Waals surface area contributed by atoms with Crippen LogP contribution in [-0.4, -0.2) is 44.1 Å². The van der Waals surface area contributed by atoms with Crippen LogP contribution in [0.4, 0.5) is 0 Å². The predicted molar refractivity (Wildman–Crippen MR) is 98.8 cm³/mol. The van der Waals surface area contributed by atoms with Crippen molar-refractivity contribution in [3.63, 3.8) is 0 Å². The molecule has 1 aromatic rings. The third kappa shape index (κ3) is 4.64. The van der Waals surface area contributed by atoms with E-state index in [4.69, 9.17) is 4.74 Å². The molecule has 0 spiro atoms. The van der Waals surface area contributed by atoms with Gasteiger partial charge in [0.15, 0.2) is 0 Å². The summed E-state index contributed by atoms with van der Waals surface area (Å²) in [5, 5.41) is 3.34. The first-order valence-corrected chi connectivity index (χ1v) is 8.89. The number of halogens is 1. The van der Waals surface area contributed by atoms with Crippen molar-refractivity contribution in [1.29, 1.82) is 0 Å². The summed E-state index contributed by atoms with van der Waals surface area (Å²) in [4.78, 5) is 14.7. The molecule has 0 saturated carbocycles. The lowest BCUT2D eigenvalue weighted by atomic mass is 9.88. The number of para-hydroxylation sites is 1. The van der Waals surface area contributed by atoms with Crippen molar-refractivity contribution >= 4 is 18.3 Å². The van der Waals surface area contributed by atoms with E-state index in [1.165, 1.54) is 5.56 Å². The van der Waals surface area contributed by atoms with Crippen molar-refractivity contribution in [2.75, 3.05) is 33.3 Å². The second-order valence-corrected chi connectivity index (χ2v) is 6.81. The smallest absolute Gasteiger partial charge is 0.225 e. The van der Waals surface area contributed by atoms with Gasteiger partial charge < -0.3 is 15.0 Å². The summed E-state index contributed by atoms with van der Waals surface area (Å²) in [5.74, 6) is 2.29. The van der Waals surface area contributed by atoms with Crippen LogP contribution >= 0.6 is 12.4 Å². The molecule has 2 fully saturated rings. The van der Waals surface area contributed by atoms with Crippen LogP contribution in [0, 0.1) is 11.8 Å². The summed E-state index contributed by atoms with van der Waals surface area (Å²) in [6.45, 7) is 3.81. The maximum atomic E-state index is 12.6. The van der Waals surface area contributed by atoms with Gasteiger partial charge in [0.1, 0.15) is 5.75 Å². The highest BCUT2D eigenvalue weighted by atomic mass is 35.5. The predicted octanol–water partition coefficient (Wildman–Crippen LogP) is 2.90. The highest BCUT2D eigenvalue weighted by Crippen LogP contribution is 2.27. The second kappa shape index (κ2) is 9.28. The Hall–Kier alpha value is -1.26. The Balaban J connectivity index is 0.00000208. The summed E-state index contributed by atoms with van der Waals surface area (Å²) >= 11 is 0. The topological polar surface area (TPSA) is 41.6 Å². The highest BCUT2D eigenvalue weighted by molar-refractivity contribution is 5.85. The molecule has 134 valence electrons. The number of methoxy groups -OCH3 is 1. The Kier molecular flexibility index (Phi) is 7.38. The van der Waals surface area contributed by atoms with Gasteiger partial charge in [0.2, 0.25) is 5.91 Å². The molecule has 2 heterocycles. The van der Waals surface area contributed by atoms with Gasteiger partial charge in [-0.1, -0.05) is 18.2 Å². The van der Waals surface area contributed by atoms with Crippen LogP contribution in [-0.2, 0) is 11.2 Å². The van der Waals surface area contributed by atoms with E-state index in [1.54, 1.807) is 7.11 Å². The van der Waals surface area contributed by atoms with E-state index >= 15 is 0 Å². The van der Waals surface area contributed by atoms with Gasteiger partial charge >= 0.3 is 0 Å². The zero-order valence-corrected chi connectivity index (χ0v) is 15.3. The zero-order valence-electron chi connectivity index (χ0n) is 14.5. The average molecular weight is 353 g/mol. The fraction of sp³-hybridized carbons (Fsp3) is 0.632. The number of hydrogen-bond acceptors (Lipinski definition) is 3. The Morgan fingerprint density at radius 2 is 1.83 bits per heavy atom. The number of benzene rings is 1. The first-order chi connectivity index (χ1) is 11.3. The molecule has 1 amide bonds. The van der Waals surface area contributed by atoms with Crippen LogP contribution in [0.25, 0.3) is 0 Å². The minimum atomic E-state index is 0. The van der Waals surface area contributed by atoms with Gasteiger partial charge in [0.25, 0.3) is 0 Å². The number of hydrogen-bond donors (Lipinski definition) is 1. The van der Waals surface area contributed by atoms with Crippen molar-refractivity contribution < 1.29 is 9.53 Å². The molecule has 5 heteroatoms. The summed E-state index contributed by atoms with van der Waals surface area (Å²) in [5.41, 5.74) is 1.29. The minimum Gasteiger partial charge on any atom is -0.496 e. The van der Waals surface area contributed by atoms with Crippen molar-refractivity contribution in [3.8, 4) is 5.75 Å². The Bertz CT molecular complexity index is 524. The molecular formula is C19H29ClN2O2. The molecule has 2 aliphatic heterocycles. The number of carbonyl (C=O) groups excluding carboxylic acids is 1. The minimum absolute atomic E-state index is 0. The second-order valence-electron chi connectivity index (χ2n) is 6.81. The third-order valence-corrected chi connectivity index (χ3v) is 5.32. The molecular weight excluding hydrogens is 324 g/mol. The van der Waals surface area contributed by atoms with E-state index in [2.05, 4.69) is 22.3 Å². The average Bonchev–Trinajstić information content (AvgIpc) is 2.63. The Morgan fingerprint density at radius 1 is 1.17 bits per heavy atom. The highest BCUT2D eigenvalue weighted by Gasteiger charge is 2.29. The normalized spacial score (nSPS) is 19.6. The summed E-state index contributed by atoms with van der Waals surface area (Å²) < 4.78 is 5.46. The van der Waals surface area contributed by atoms with Gasteiger partial charge in [-0.2, -0.15) is 0 Å². The van der Waals surface area contributed by atoms with E-state index in [0.29, 0.717) is 11.8 Å². The third-order valence-electron chi connectivity index (χ3n) is 5.32. The van der Waals surface area contributed by atoms with Crippen LogP contribution < -0.4 is 10.1 Å². The maximum Gasteiger partial charge on any atom is 0.225 e. The monoisotopic (exact) mass is 352 g/mol. The molecule has 0 unspecified atom stereocenters. The number of rotatable bonds is 4. The fourth-order valence-electron chi connectivity index (χ4n) is 3.87. The summed E-state index contributed by atoms with van der Waals surface area (Å²) in [6, 6.07) is 8.28. The van der Waals surface area contributed by atoms with Gasteiger partial charge in [-0.3, -0.25) is 4.79 Å². The molecule has 1 N–H and O–H groups in total. The van der Waals surface area contributed by atoms with Crippen LogP contribution in [0.2, 0.25) is 0 Å². The van der Waals surface area contributed by atoms with E-state index in [-0.39, 0.29) is 18.3 Å². The van der Waals surface area contributed by atoms with E-state index in [9.17, 15) is 4.79 Å². The van der Waals surface area contributed by atoms with E-state index in [1.807, 2.05) is 12.1 Å². The van der Waals surface area contributed by atoms with Gasteiger partial charge in [-0.05, 0) is 62.7 Å². The Morgan fingerprint density at radius 3 is 2.50 bits per heavy atom. The number of likely N-dealkylation sites (tertiary alicyclic amines) is 1. The fourth-order valence-corrected chi connectivity index (χ4v) is 3.87. The number of ether oxygens (including phenoxy) is 1. The van der Waals surface area contributed by atoms with Crippen LogP contribution in [0.1, 0.15) is 31.2 Å². The molecule has 4 nitrogen and oxygen atoms in total. The quantitative estimate of drug-likeness (QED) is 0.905. The maximum absolute atomic E-state index is 12.6. The van der Waals surface area contributed by atoms with Crippen molar-refractivity contribution in [2.24, 2.45) is 11.8 Å². The number of nitrogens with one attached hydrogen (secondary N) is 1. The Labute approximate surface area is 151 Å². The van der Waals surface area contributed by atoms with Crippen molar-refractivity contribution in [2.45, 2.75) is 32.1 Å². The zero-order chi connectivity index (χ0) is 16.1. The lowest BCUT2D eigenvalue weighted by molar-refractivity contribution is -0.137. The summed E-state index contributed by atoms with van der Waals surface area (Å²) in [6.07, 6.45) is 5.27. The number of amides is 1. The standard InChI is InChI=1S/C19H28N2O2.ClH/c1-23-18-5-3-2-4-17(18)14-15-8-12-21(13-9-15)19(22)16-6-10-20-11-7-16;/h2-5,15-16,20H,6-14H2,1H3;1H. The molecule has 0 aromatic heterocycles. The van der Waals surface area contributed by atoms with Gasteiger partial charge in [0, 0.05) is 19.0 Å². The molecule has 3 rings (SSSR count). The van der Waals surface area contributed by atoms with Gasteiger partial charge in [-0.25, -0.2) is 0 Å². The largest absolute Gasteiger partial charge is 0.496 e. The lowest BCUT2D eigenvalue weighted by Gasteiger charge is -2.35. The number of piperidine rings is 2. The van der Waals surface area contributed by atoms with Crippen molar-refractivity contribution in [1.82, 2.24) is 10.2 Å². The lowest BCUT2D eigenvalue weighted by Crippen LogP contribution is -2.44. The molecule has 0 radical (unpaired) electrons. The van der Waals surface area contributed by atoms with Gasteiger partial charge in [0.05, 0.1) is 7.11 Å². The van der Waals surface area contributed by atoms with E-state index in [0.717, 1.165) is 64.0 Å². The number of nitrogens with zero attached hydrogens (tertiary/aromatic N) is 1. The van der Waals surface area contributed by atoms with Crippen LogP contribution in [0.5, 0.6) is 5.75 Å². The van der Waals surface area contributed by atoms with Crippen LogP contribution in [0.3, 0.4) is 0 Å². The van der Waals surface area contributed by atoms with Gasteiger partial charge in [-0.15, -0.1) is 12.4 Å².